The van der Waals surface area contributed by atoms with E-state index in [9.17, 15) is 0 Å². The van der Waals surface area contributed by atoms with Gasteiger partial charge in [0.2, 0.25) is 0 Å². The zero-order valence-electron chi connectivity index (χ0n) is 8.67. The van der Waals surface area contributed by atoms with Crippen LogP contribution in [-0.4, -0.2) is 12.8 Å². The predicted molar refractivity (Wildman–Crippen MR) is 58.6 cm³/mol. The molecule has 0 aliphatic heterocycles. The normalized spacial score (nSPS) is 11.8. The number of hydrogen-bond acceptors (Lipinski definition) is 1. The van der Waals surface area contributed by atoms with E-state index in [2.05, 4.69) is 36.2 Å². The predicted octanol–water partition coefficient (Wildman–Crippen LogP) is 3.08. The van der Waals surface area contributed by atoms with Gasteiger partial charge >= 0.3 is 0 Å². The van der Waals surface area contributed by atoms with E-state index in [-0.39, 0.29) is 0 Å². The minimum absolute atomic E-state index is 1.11. The van der Waals surface area contributed by atoms with Crippen LogP contribution in [0.4, 0.5) is 0 Å². The van der Waals surface area contributed by atoms with Gasteiger partial charge in [-0.3, -0.25) is 4.99 Å². The Morgan fingerprint density at radius 1 is 1.38 bits per heavy atom. The SMILES string of the molecule is CCCc1cccc(C(C)=NC)c1. The van der Waals surface area contributed by atoms with E-state index in [1.165, 1.54) is 17.5 Å². The number of aryl methyl sites for hydroxylation is 1. The van der Waals surface area contributed by atoms with Crippen molar-refractivity contribution in [3.63, 3.8) is 0 Å². The summed E-state index contributed by atoms with van der Waals surface area (Å²) in [4.78, 5) is 4.18. The Hall–Kier alpha value is -1.11. The molecule has 0 bridgehead atoms. The van der Waals surface area contributed by atoms with Gasteiger partial charge in [0, 0.05) is 12.8 Å². The standard InChI is InChI=1S/C12H17N/c1-4-6-11-7-5-8-12(9-11)10(2)13-3/h5,7-9H,4,6H2,1-3H3. The van der Waals surface area contributed by atoms with Crippen molar-refractivity contribution in [3.05, 3.63) is 35.4 Å². The molecule has 0 fully saturated rings. The summed E-state index contributed by atoms with van der Waals surface area (Å²) in [7, 11) is 1.84. The molecule has 13 heavy (non-hydrogen) atoms. The van der Waals surface area contributed by atoms with E-state index >= 15 is 0 Å². The van der Waals surface area contributed by atoms with E-state index in [1.54, 1.807) is 0 Å². The van der Waals surface area contributed by atoms with Crippen molar-refractivity contribution >= 4 is 5.71 Å². The Kier molecular flexibility index (Phi) is 3.69. The first-order chi connectivity index (χ1) is 6.27. The van der Waals surface area contributed by atoms with Gasteiger partial charge in [-0.1, -0.05) is 31.5 Å². The zero-order chi connectivity index (χ0) is 9.68. The summed E-state index contributed by atoms with van der Waals surface area (Å²) in [6.45, 7) is 4.25. The van der Waals surface area contributed by atoms with Crippen LogP contribution in [0.1, 0.15) is 31.4 Å². The average Bonchev–Trinajstić information content (AvgIpc) is 2.18. The van der Waals surface area contributed by atoms with Gasteiger partial charge in [0.1, 0.15) is 0 Å². The molecule has 0 amide bonds. The van der Waals surface area contributed by atoms with Crippen molar-refractivity contribution in [3.8, 4) is 0 Å². The quantitative estimate of drug-likeness (QED) is 0.626. The van der Waals surface area contributed by atoms with E-state index in [1.807, 2.05) is 14.0 Å². The monoisotopic (exact) mass is 175 g/mol. The molecule has 0 aromatic heterocycles. The molecule has 1 aromatic rings. The van der Waals surface area contributed by atoms with Gasteiger partial charge in [0.25, 0.3) is 0 Å². The molecule has 1 nitrogen and oxygen atoms in total. The smallest absolute Gasteiger partial charge is 0.0386 e. The number of nitrogens with zero attached hydrogens (tertiary/aromatic N) is 1. The molecule has 1 heteroatoms. The highest BCUT2D eigenvalue weighted by molar-refractivity contribution is 5.98. The van der Waals surface area contributed by atoms with Gasteiger partial charge in [-0.05, 0) is 30.5 Å². The molecule has 0 aliphatic carbocycles. The Morgan fingerprint density at radius 3 is 2.77 bits per heavy atom. The van der Waals surface area contributed by atoms with Gasteiger partial charge in [0.15, 0.2) is 0 Å². The van der Waals surface area contributed by atoms with Crippen LogP contribution >= 0.6 is 0 Å². The third-order valence-corrected chi connectivity index (χ3v) is 2.22. The maximum Gasteiger partial charge on any atom is 0.0386 e. The van der Waals surface area contributed by atoms with Crippen LogP contribution in [0.25, 0.3) is 0 Å². The van der Waals surface area contributed by atoms with Crippen LogP contribution in [0, 0.1) is 0 Å². The fourth-order valence-corrected chi connectivity index (χ4v) is 1.37. The number of rotatable bonds is 3. The fraction of sp³-hybridized carbons (Fsp3) is 0.417. The first-order valence-corrected chi connectivity index (χ1v) is 4.80. The van der Waals surface area contributed by atoms with Crippen molar-refractivity contribution in [2.75, 3.05) is 7.05 Å². The highest BCUT2D eigenvalue weighted by Gasteiger charge is 1.97. The second-order valence-electron chi connectivity index (χ2n) is 3.26. The summed E-state index contributed by atoms with van der Waals surface area (Å²) in [6, 6.07) is 8.62. The summed E-state index contributed by atoms with van der Waals surface area (Å²) >= 11 is 0. The third kappa shape index (κ3) is 2.69. The molecule has 0 N–H and O–H groups in total. The molecule has 0 aliphatic rings. The molecule has 1 rings (SSSR count). The first kappa shape index (κ1) is 9.97. The number of benzene rings is 1. The lowest BCUT2D eigenvalue weighted by molar-refractivity contribution is 0.921. The largest absolute Gasteiger partial charge is 0.293 e. The van der Waals surface area contributed by atoms with E-state index in [0.29, 0.717) is 0 Å². The summed E-state index contributed by atoms with van der Waals surface area (Å²) < 4.78 is 0. The van der Waals surface area contributed by atoms with Crippen LogP contribution in [0.15, 0.2) is 29.3 Å². The van der Waals surface area contributed by atoms with Crippen LogP contribution in [0.5, 0.6) is 0 Å². The maximum atomic E-state index is 4.18. The minimum atomic E-state index is 1.11. The molecule has 0 spiro atoms. The van der Waals surface area contributed by atoms with Crippen molar-refractivity contribution in [2.24, 2.45) is 4.99 Å². The minimum Gasteiger partial charge on any atom is -0.293 e. The first-order valence-electron chi connectivity index (χ1n) is 4.80. The lowest BCUT2D eigenvalue weighted by Crippen LogP contribution is -1.95. The molecule has 0 saturated heterocycles. The van der Waals surface area contributed by atoms with Crippen molar-refractivity contribution in [1.82, 2.24) is 0 Å². The highest BCUT2D eigenvalue weighted by Crippen LogP contribution is 2.08. The molecule has 70 valence electrons. The number of aliphatic imine (C=N–C) groups is 1. The topological polar surface area (TPSA) is 12.4 Å². The fourth-order valence-electron chi connectivity index (χ4n) is 1.37. The van der Waals surface area contributed by atoms with Crippen LogP contribution < -0.4 is 0 Å². The third-order valence-electron chi connectivity index (χ3n) is 2.22. The Morgan fingerprint density at radius 2 is 2.15 bits per heavy atom. The van der Waals surface area contributed by atoms with Gasteiger partial charge in [-0.25, -0.2) is 0 Å². The Bertz CT molecular complexity index is 300. The molecule has 0 atom stereocenters. The van der Waals surface area contributed by atoms with Crippen LogP contribution in [0.3, 0.4) is 0 Å². The Balaban J connectivity index is 2.91. The van der Waals surface area contributed by atoms with Gasteiger partial charge in [-0.15, -0.1) is 0 Å². The van der Waals surface area contributed by atoms with E-state index in [0.717, 1.165) is 12.1 Å². The Labute approximate surface area is 80.5 Å². The average molecular weight is 175 g/mol. The van der Waals surface area contributed by atoms with Crippen molar-refractivity contribution in [1.29, 1.82) is 0 Å². The zero-order valence-corrected chi connectivity index (χ0v) is 8.67. The van der Waals surface area contributed by atoms with Gasteiger partial charge < -0.3 is 0 Å². The van der Waals surface area contributed by atoms with Gasteiger partial charge in [-0.2, -0.15) is 0 Å². The molecule has 1 aromatic carbocycles. The molecular weight excluding hydrogens is 158 g/mol. The second kappa shape index (κ2) is 4.80. The highest BCUT2D eigenvalue weighted by atomic mass is 14.7. The van der Waals surface area contributed by atoms with E-state index in [4.69, 9.17) is 0 Å². The van der Waals surface area contributed by atoms with Crippen LogP contribution in [0.2, 0.25) is 0 Å². The summed E-state index contributed by atoms with van der Waals surface area (Å²) in [5, 5.41) is 0. The molecule has 0 unspecified atom stereocenters. The maximum absolute atomic E-state index is 4.18. The number of hydrogen-bond donors (Lipinski definition) is 0. The lowest BCUT2D eigenvalue weighted by atomic mass is 10.0. The van der Waals surface area contributed by atoms with Gasteiger partial charge in [0.05, 0.1) is 0 Å². The van der Waals surface area contributed by atoms with Crippen molar-refractivity contribution < 1.29 is 0 Å². The summed E-state index contributed by atoms with van der Waals surface area (Å²) in [6.07, 6.45) is 2.36. The molecular formula is C12H17N. The second-order valence-corrected chi connectivity index (χ2v) is 3.26. The molecule has 0 heterocycles. The van der Waals surface area contributed by atoms with E-state index < -0.39 is 0 Å². The lowest BCUT2D eigenvalue weighted by Gasteiger charge is -2.03. The molecule has 0 saturated carbocycles. The van der Waals surface area contributed by atoms with Crippen LogP contribution in [-0.2, 0) is 6.42 Å². The summed E-state index contributed by atoms with van der Waals surface area (Å²) in [5.41, 5.74) is 3.76. The molecule has 0 radical (unpaired) electrons. The van der Waals surface area contributed by atoms with Crippen molar-refractivity contribution in [2.45, 2.75) is 26.7 Å². The summed E-state index contributed by atoms with van der Waals surface area (Å²) in [5.74, 6) is 0.